The van der Waals surface area contributed by atoms with Gasteiger partial charge in [-0.15, -0.1) is 0 Å². The van der Waals surface area contributed by atoms with Crippen LogP contribution in [-0.2, 0) is 20.7 Å². The van der Waals surface area contributed by atoms with Gasteiger partial charge in [-0.2, -0.15) is 0 Å². The molecule has 1 amide bonds. The Morgan fingerprint density at radius 2 is 1.83 bits per heavy atom. The summed E-state index contributed by atoms with van der Waals surface area (Å²) in [5.41, 5.74) is 16.0. The number of nitrogens with zero attached hydrogens (tertiary/aromatic N) is 4. The third-order valence-electron chi connectivity index (χ3n) is 6.59. The van der Waals surface area contributed by atoms with Crippen molar-refractivity contribution in [2.24, 2.45) is 10.1 Å². The number of ether oxygens (including phenoxy) is 3. The van der Waals surface area contributed by atoms with Crippen molar-refractivity contribution in [2.75, 3.05) is 33.5 Å². The van der Waals surface area contributed by atoms with E-state index in [0.717, 1.165) is 5.56 Å². The summed E-state index contributed by atoms with van der Waals surface area (Å²) in [6.45, 7) is 1.49. The number of carbonyl (C=O) groups is 1. The van der Waals surface area contributed by atoms with Crippen molar-refractivity contribution in [3.8, 4) is 5.75 Å². The average molecular weight is 559 g/mol. The Balaban J connectivity index is 1.75. The number of methoxy groups -OCH3 is 1. The van der Waals surface area contributed by atoms with E-state index in [2.05, 4.69) is 20.9 Å². The molecule has 3 aromatic rings. The number of aliphatic hydroxyl groups excluding tert-OH is 1. The van der Waals surface area contributed by atoms with Crippen LogP contribution in [0.3, 0.4) is 0 Å². The number of aliphatic imine (C=N–C) groups is 1. The number of amides is 1. The second-order valence-electron chi connectivity index (χ2n) is 9.42. The van der Waals surface area contributed by atoms with Gasteiger partial charge in [0.25, 0.3) is 5.91 Å². The number of benzene rings is 3. The molecule has 0 saturated heterocycles. The number of aliphatic hydroxyl groups is 1. The molecule has 0 spiro atoms. The normalized spacial score (nSPS) is 17.7. The molecule has 0 unspecified atom stereocenters. The van der Waals surface area contributed by atoms with Crippen LogP contribution in [0.1, 0.15) is 35.6 Å². The minimum atomic E-state index is -1.44. The van der Waals surface area contributed by atoms with E-state index in [4.69, 9.17) is 29.8 Å². The highest BCUT2D eigenvalue weighted by molar-refractivity contribution is 6.01. The molecular weight excluding hydrogens is 524 g/mol. The monoisotopic (exact) mass is 558 g/mol. The summed E-state index contributed by atoms with van der Waals surface area (Å²) in [4.78, 5) is 22.0. The molecule has 2 atom stereocenters. The molecule has 0 bridgehead atoms. The van der Waals surface area contributed by atoms with E-state index in [1.165, 1.54) is 0 Å². The zero-order valence-corrected chi connectivity index (χ0v) is 22.9. The van der Waals surface area contributed by atoms with E-state index >= 15 is 0 Å². The number of carbonyl (C=O) groups excluding carboxylic acids is 1. The first-order valence-electron chi connectivity index (χ1n) is 13.4. The van der Waals surface area contributed by atoms with Gasteiger partial charge in [0.2, 0.25) is 5.90 Å². The van der Waals surface area contributed by atoms with Gasteiger partial charge in [0, 0.05) is 55.9 Å². The van der Waals surface area contributed by atoms with Crippen molar-refractivity contribution in [3.63, 3.8) is 0 Å². The molecule has 11 nitrogen and oxygen atoms in total. The molecule has 1 heterocycles. The highest BCUT2D eigenvalue weighted by atomic mass is 16.5. The molecule has 3 N–H and O–H groups in total. The number of hydrazine groups is 1. The lowest BCUT2D eigenvalue weighted by Crippen LogP contribution is -2.54. The van der Waals surface area contributed by atoms with Gasteiger partial charge in [-0.25, -0.2) is 10.4 Å². The predicted octanol–water partition coefficient (Wildman–Crippen LogP) is 4.55. The van der Waals surface area contributed by atoms with Crippen LogP contribution in [0, 0.1) is 0 Å². The molecule has 0 aliphatic carbocycles. The Kier molecular flexibility index (Phi) is 10.7. The van der Waals surface area contributed by atoms with Crippen LogP contribution in [0.4, 0.5) is 5.69 Å². The van der Waals surface area contributed by atoms with Crippen molar-refractivity contribution in [1.29, 1.82) is 0 Å². The number of hydrogen-bond acceptors (Lipinski definition) is 8. The fraction of sp³-hybridized carbons (Fsp3) is 0.333. The van der Waals surface area contributed by atoms with Crippen molar-refractivity contribution < 1.29 is 24.1 Å². The van der Waals surface area contributed by atoms with Crippen LogP contribution in [0.25, 0.3) is 10.4 Å². The van der Waals surface area contributed by atoms with E-state index in [1.54, 1.807) is 31.4 Å². The average Bonchev–Trinajstić information content (AvgIpc) is 3.39. The Hall–Kier alpha value is -4.41. The van der Waals surface area contributed by atoms with Gasteiger partial charge >= 0.3 is 0 Å². The van der Waals surface area contributed by atoms with Crippen molar-refractivity contribution >= 4 is 17.5 Å². The number of rotatable bonds is 15. The lowest BCUT2D eigenvalue weighted by Gasteiger charge is -2.31. The smallest absolute Gasteiger partial charge is 0.266 e. The maximum atomic E-state index is 14.1. The Morgan fingerprint density at radius 1 is 1.07 bits per heavy atom. The molecule has 11 heteroatoms. The van der Waals surface area contributed by atoms with Gasteiger partial charge in [0.15, 0.2) is 11.6 Å². The minimum absolute atomic E-state index is 0.0534. The fourth-order valence-electron chi connectivity index (χ4n) is 4.56. The SMILES string of the molecule is COCCCNNC(=O)[C@@]1(Cc2ccccc2N=[N+]=[N-])N=C(c2ccc(OCCCO)cc2)O[C@H]1c1ccccc1. The number of azide groups is 1. The molecule has 3 aromatic carbocycles. The lowest BCUT2D eigenvalue weighted by atomic mass is 9.81. The number of nitrogens with one attached hydrogen (secondary N) is 2. The van der Waals surface area contributed by atoms with Gasteiger partial charge in [-0.3, -0.25) is 10.2 Å². The predicted molar refractivity (Wildman–Crippen MR) is 155 cm³/mol. The van der Waals surface area contributed by atoms with Gasteiger partial charge < -0.3 is 19.3 Å². The van der Waals surface area contributed by atoms with Crippen LogP contribution in [0.2, 0.25) is 0 Å². The summed E-state index contributed by atoms with van der Waals surface area (Å²) in [6, 6.07) is 23.8. The highest BCUT2D eigenvalue weighted by Crippen LogP contribution is 2.43. The van der Waals surface area contributed by atoms with Crippen LogP contribution in [0.15, 0.2) is 89.0 Å². The molecular formula is C30H34N6O5. The summed E-state index contributed by atoms with van der Waals surface area (Å²) in [6.07, 6.45) is 0.562. The molecule has 0 radical (unpaired) electrons. The van der Waals surface area contributed by atoms with E-state index in [1.807, 2.05) is 54.6 Å². The quantitative estimate of drug-likeness (QED) is 0.0819. The van der Waals surface area contributed by atoms with E-state index in [9.17, 15) is 4.79 Å². The summed E-state index contributed by atoms with van der Waals surface area (Å²) in [5, 5.41) is 12.9. The van der Waals surface area contributed by atoms with E-state index in [-0.39, 0.29) is 13.0 Å². The van der Waals surface area contributed by atoms with Gasteiger partial charge in [0.1, 0.15) is 5.75 Å². The first-order chi connectivity index (χ1) is 20.1. The van der Waals surface area contributed by atoms with Crippen LogP contribution in [0.5, 0.6) is 5.75 Å². The van der Waals surface area contributed by atoms with E-state index in [0.29, 0.717) is 61.1 Å². The Morgan fingerprint density at radius 3 is 2.56 bits per heavy atom. The summed E-state index contributed by atoms with van der Waals surface area (Å²) >= 11 is 0. The molecule has 4 rings (SSSR count). The van der Waals surface area contributed by atoms with Gasteiger partial charge in [-0.1, -0.05) is 59.7 Å². The maximum Gasteiger partial charge on any atom is 0.266 e. The second kappa shape index (κ2) is 14.8. The second-order valence-corrected chi connectivity index (χ2v) is 9.42. The molecule has 1 aliphatic rings. The third-order valence-corrected chi connectivity index (χ3v) is 6.59. The summed E-state index contributed by atoms with van der Waals surface area (Å²) < 4.78 is 17.3. The molecule has 1 aliphatic heterocycles. The molecule has 41 heavy (non-hydrogen) atoms. The minimum Gasteiger partial charge on any atom is -0.494 e. The number of hydrogen-bond donors (Lipinski definition) is 3. The third kappa shape index (κ3) is 7.41. The van der Waals surface area contributed by atoms with Crippen LogP contribution < -0.4 is 15.6 Å². The fourth-order valence-corrected chi connectivity index (χ4v) is 4.56. The first-order valence-corrected chi connectivity index (χ1v) is 13.4. The maximum absolute atomic E-state index is 14.1. The van der Waals surface area contributed by atoms with Gasteiger partial charge in [-0.05, 0) is 47.3 Å². The Labute approximate surface area is 238 Å². The Bertz CT molecular complexity index is 1360. The topological polar surface area (TPSA) is 150 Å². The van der Waals surface area contributed by atoms with Gasteiger partial charge in [0.05, 0.1) is 6.61 Å². The highest BCUT2D eigenvalue weighted by Gasteiger charge is 2.53. The lowest BCUT2D eigenvalue weighted by molar-refractivity contribution is -0.130. The van der Waals surface area contributed by atoms with Crippen molar-refractivity contribution in [2.45, 2.75) is 30.9 Å². The van der Waals surface area contributed by atoms with Crippen LogP contribution in [-0.4, -0.2) is 55.9 Å². The largest absolute Gasteiger partial charge is 0.494 e. The standard InChI is InChI=1S/C30H34N6O5/c1-39-19-7-17-32-35-29(38)30(21-24-11-5-6-12-26(24)34-36-31)27(22-9-3-2-4-10-22)41-28(33-30)23-13-15-25(16-14-23)40-20-8-18-37/h2-6,9-16,27,32,37H,7-8,17-21H2,1H3,(H,35,38)/t27-,30-/m0/s1. The molecule has 0 saturated carbocycles. The molecule has 0 fully saturated rings. The molecule has 214 valence electrons. The van der Waals surface area contributed by atoms with Crippen LogP contribution >= 0.6 is 0 Å². The van der Waals surface area contributed by atoms with Crippen molar-refractivity contribution in [3.05, 3.63) is 106 Å². The first kappa shape index (κ1) is 29.6. The summed E-state index contributed by atoms with van der Waals surface area (Å²) in [5.74, 6) is 0.558. The zero-order valence-electron chi connectivity index (χ0n) is 22.9. The van der Waals surface area contributed by atoms with E-state index < -0.39 is 17.6 Å². The molecule has 0 aromatic heterocycles. The zero-order chi connectivity index (χ0) is 28.9. The van der Waals surface area contributed by atoms with Crippen molar-refractivity contribution in [1.82, 2.24) is 10.9 Å². The summed E-state index contributed by atoms with van der Waals surface area (Å²) in [7, 11) is 1.62.